The quantitative estimate of drug-likeness (QED) is 0.730. The van der Waals surface area contributed by atoms with E-state index >= 15 is 0 Å². The first-order valence-corrected chi connectivity index (χ1v) is 4.88. The van der Waals surface area contributed by atoms with Gasteiger partial charge in [0, 0.05) is 23.7 Å². The number of benzene rings is 1. The van der Waals surface area contributed by atoms with E-state index in [9.17, 15) is 8.78 Å². The number of halogens is 2. The molecular weight excluding hydrogens is 184 g/mol. The van der Waals surface area contributed by atoms with Crippen molar-refractivity contribution in [2.75, 3.05) is 0 Å². The Bertz CT molecular complexity index is 338. The first-order chi connectivity index (χ1) is 6.66. The van der Waals surface area contributed by atoms with Crippen LogP contribution in [0.4, 0.5) is 8.78 Å². The van der Waals surface area contributed by atoms with Gasteiger partial charge in [-0.3, -0.25) is 0 Å². The molecule has 1 aliphatic heterocycles. The van der Waals surface area contributed by atoms with Crippen LogP contribution in [0.15, 0.2) is 18.2 Å². The highest BCUT2D eigenvalue weighted by atomic mass is 19.1. The topological polar surface area (TPSA) is 12.0 Å². The van der Waals surface area contributed by atoms with E-state index < -0.39 is 11.6 Å². The summed E-state index contributed by atoms with van der Waals surface area (Å²) in [4.78, 5) is 0. The third kappa shape index (κ3) is 1.77. The maximum absolute atomic E-state index is 13.3. The molecule has 2 rings (SSSR count). The Labute approximate surface area is 82.1 Å². The zero-order chi connectivity index (χ0) is 10.1. The van der Waals surface area contributed by atoms with Crippen molar-refractivity contribution >= 4 is 0 Å². The van der Waals surface area contributed by atoms with Crippen LogP contribution in [0.2, 0.25) is 0 Å². The smallest absolute Gasteiger partial charge is 0.130 e. The van der Waals surface area contributed by atoms with Crippen molar-refractivity contribution in [3.05, 3.63) is 35.4 Å². The van der Waals surface area contributed by atoms with Gasteiger partial charge in [-0.15, -0.1) is 0 Å². The fourth-order valence-corrected chi connectivity index (χ4v) is 1.96. The van der Waals surface area contributed by atoms with Crippen molar-refractivity contribution in [2.45, 2.75) is 31.8 Å². The molecule has 0 spiro atoms. The van der Waals surface area contributed by atoms with Gasteiger partial charge in [-0.2, -0.15) is 0 Å². The van der Waals surface area contributed by atoms with Gasteiger partial charge in [-0.1, -0.05) is 6.07 Å². The molecule has 76 valence electrons. The lowest BCUT2D eigenvalue weighted by Crippen LogP contribution is -2.21. The summed E-state index contributed by atoms with van der Waals surface area (Å²) in [5.74, 6) is -0.964. The molecule has 1 aromatic carbocycles. The Hall–Kier alpha value is -0.960. The highest BCUT2D eigenvalue weighted by molar-refractivity contribution is 5.23. The molecule has 1 N–H and O–H groups in total. The molecular formula is C11H13F2N. The van der Waals surface area contributed by atoms with Crippen LogP contribution < -0.4 is 5.32 Å². The molecule has 0 saturated carbocycles. The molecule has 14 heavy (non-hydrogen) atoms. The molecule has 1 nitrogen and oxygen atoms in total. The molecule has 3 heteroatoms. The zero-order valence-electron chi connectivity index (χ0n) is 8.06. The first kappa shape index (κ1) is 9.59. The minimum absolute atomic E-state index is 0.0469. The predicted octanol–water partition coefficient (Wildman–Crippen LogP) is 2.78. The number of nitrogens with one attached hydrogen (secondary N) is 1. The fourth-order valence-electron chi connectivity index (χ4n) is 1.96. The summed E-state index contributed by atoms with van der Waals surface area (Å²) < 4.78 is 26.0. The molecule has 0 radical (unpaired) electrons. The highest BCUT2D eigenvalue weighted by Crippen LogP contribution is 2.28. The molecule has 2 atom stereocenters. The van der Waals surface area contributed by atoms with Gasteiger partial charge in [0.25, 0.3) is 0 Å². The SMILES string of the molecule is CC1CCC(c2ccc(F)cc2F)N1. The Balaban J connectivity index is 2.24. The van der Waals surface area contributed by atoms with Crippen LogP contribution in [0, 0.1) is 11.6 Å². The summed E-state index contributed by atoms with van der Waals surface area (Å²) in [7, 11) is 0. The second kappa shape index (κ2) is 3.65. The minimum Gasteiger partial charge on any atom is -0.307 e. The molecule has 1 aromatic rings. The van der Waals surface area contributed by atoms with Crippen LogP contribution >= 0.6 is 0 Å². The number of hydrogen-bond donors (Lipinski definition) is 1. The van der Waals surface area contributed by atoms with Crippen molar-refractivity contribution in [2.24, 2.45) is 0 Å². The van der Waals surface area contributed by atoms with E-state index in [0.717, 1.165) is 18.9 Å². The summed E-state index contributed by atoms with van der Waals surface area (Å²) in [6.45, 7) is 2.07. The maximum atomic E-state index is 13.3. The van der Waals surface area contributed by atoms with E-state index in [2.05, 4.69) is 12.2 Å². The lowest BCUT2D eigenvalue weighted by molar-refractivity contribution is 0.526. The Kier molecular flexibility index (Phi) is 2.50. The van der Waals surface area contributed by atoms with Crippen molar-refractivity contribution in [3.63, 3.8) is 0 Å². The monoisotopic (exact) mass is 197 g/mol. The van der Waals surface area contributed by atoms with Gasteiger partial charge in [0.15, 0.2) is 0 Å². The van der Waals surface area contributed by atoms with Gasteiger partial charge in [0.05, 0.1) is 0 Å². The van der Waals surface area contributed by atoms with E-state index in [4.69, 9.17) is 0 Å². The predicted molar refractivity (Wildman–Crippen MR) is 50.9 cm³/mol. The van der Waals surface area contributed by atoms with E-state index in [0.29, 0.717) is 11.6 Å². The summed E-state index contributed by atoms with van der Waals surface area (Å²) in [5.41, 5.74) is 0.579. The van der Waals surface area contributed by atoms with E-state index in [1.54, 1.807) is 0 Å². The number of hydrogen-bond acceptors (Lipinski definition) is 1. The van der Waals surface area contributed by atoms with Crippen LogP contribution in [0.1, 0.15) is 31.4 Å². The third-order valence-corrected chi connectivity index (χ3v) is 2.71. The molecule has 0 aromatic heterocycles. The Morgan fingerprint density at radius 1 is 1.29 bits per heavy atom. The maximum Gasteiger partial charge on any atom is 0.130 e. The van der Waals surface area contributed by atoms with Gasteiger partial charge >= 0.3 is 0 Å². The Morgan fingerprint density at radius 2 is 2.07 bits per heavy atom. The van der Waals surface area contributed by atoms with E-state index in [-0.39, 0.29) is 6.04 Å². The molecule has 2 unspecified atom stereocenters. The van der Waals surface area contributed by atoms with Crippen molar-refractivity contribution in [1.82, 2.24) is 5.32 Å². The highest BCUT2D eigenvalue weighted by Gasteiger charge is 2.23. The number of rotatable bonds is 1. The lowest BCUT2D eigenvalue weighted by Gasteiger charge is -2.12. The second-order valence-electron chi connectivity index (χ2n) is 3.86. The van der Waals surface area contributed by atoms with Gasteiger partial charge < -0.3 is 5.32 Å². The Morgan fingerprint density at radius 3 is 2.64 bits per heavy atom. The average molecular weight is 197 g/mol. The summed E-state index contributed by atoms with van der Waals surface area (Å²) in [6, 6.07) is 4.25. The third-order valence-electron chi connectivity index (χ3n) is 2.71. The van der Waals surface area contributed by atoms with Crippen LogP contribution in [0.25, 0.3) is 0 Å². The first-order valence-electron chi connectivity index (χ1n) is 4.88. The summed E-state index contributed by atoms with van der Waals surface area (Å²) in [5, 5.41) is 3.27. The van der Waals surface area contributed by atoms with Crippen LogP contribution in [-0.4, -0.2) is 6.04 Å². The van der Waals surface area contributed by atoms with E-state index in [1.807, 2.05) is 0 Å². The van der Waals surface area contributed by atoms with Gasteiger partial charge in [-0.05, 0) is 25.8 Å². The van der Waals surface area contributed by atoms with Crippen molar-refractivity contribution < 1.29 is 8.78 Å². The molecule has 1 heterocycles. The minimum atomic E-state index is -0.516. The summed E-state index contributed by atoms with van der Waals surface area (Å²) >= 11 is 0. The van der Waals surface area contributed by atoms with Crippen molar-refractivity contribution in [1.29, 1.82) is 0 Å². The fraction of sp³-hybridized carbons (Fsp3) is 0.455. The standard InChI is InChI=1S/C11H13F2N/c1-7-2-5-11(14-7)9-4-3-8(12)6-10(9)13/h3-4,6-7,11,14H,2,5H2,1H3. The van der Waals surface area contributed by atoms with Crippen LogP contribution in [-0.2, 0) is 0 Å². The molecule has 0 aliphatic carbocycles. The molecule has 1 fully saturated rings. The van der Waals surface area contributed by atoms with Gasteiger partial charge in [0.2, 0.25) is 0 Å². The average Bonchev–Trinajstić information content (AvgIpc) is 2.51. The van der Waals surface area contributed by atoms with Crippen molar-refractivity contribution in [3.8, 4) is 0 Å². The molecule has 0 bridgehead atoms. The summed E-state index contributed by atoms with van der Waals surface area (Å²) in [6.07, 6.45) is 1.96. The van der Waals surface area contributed by atoms with Crippen LogP contribution in [0.3, 0.4) is 0 Å². The zero-order valence-corrected chi connectivity index (χ0v) is 8.06. The lowest BCUT2D eigenvalue weighted by atomic mass is 10.0. The molecule has 0 amide bonds. The van der Waals surface area contributed by atoms with Gasteiger partial charge in [0.1, 0.15) is 11.6 Å². The van der Waals surface area contributed by atoms with E-state index in [1.165, 1.54) is 12.1 Å². The van der Waals surface area contributed by atoms with Crippen LogP contribution in [0.5, 0.6) is 0 Å². The normalized spacial score (nSPS) is 26.8. The largest absolute Gasteiger partial charge is 0.307 e. The molecule has 1 saturated heterocycles. The second-order valence-corrected chi connectivity index (χ2v) is 3.86. The molecule has 1 aliphatic rings. The van der Waals surface area contributed by atoms with Gasteiger partial charge in [-0.25, -0.2) is 8.78 Å².